The Kier molecular flexibility index (Phi) is 3.87. The lowest BCUT2D eigenvalue weighted by molar-refractivity contribution is -0.522. The Morgan fingerprint density at radius 2 is 1.95 bits per heavy atom. The number of thiocarbonyl (C=S) groups is 1. The average molecular weight is 294 g/mol. The zero-order chi connectivity index (χ0) is 14.2. The van der Waals surface area contributed by atoms with E-state index in [0.717, 1.165) is 14.6 Å². The van der Waals surface area contributed by atoms with Crippen LogP contribution in [-0.4, -0.2) is 38.1 Å². The van der Waals surface area contributed by atoms with Crippen molar-refractivity contribution in [1.29, 1.82) is 0 Å². The topological polar surface area (TPSA) is 29.3 Å². The van der Waals surface area contributed by atoms with Gasteiger partial charge in [-0.25, -0.2) is 0 Å². The molecule has 0 aromatic heterocycles. The van der Waals surface area contributed by atoms with Gasteiger partial charge in [0.1, 0.15) is 9.07 Å². The molecule has 0 amide bonds. The van der Waals surface area contributed by atoms with Crippen molar-refractivity contribution in [3.8, 4) is 0 Å². The molecule has 2 rings (SSSR count). The zero-order valence-corrected chi connectivity index (χ0v) is 13.2. The zero-order valence-electron chi connectivity index (χ0n) is 11.6. The Bertz CT molecular complexity index is 523. The Morgan fingerprint density at radius 1 is 1.37 bits per heavy atom. The van der Waals surface area contributed by atoms with Crippen LogP contribution in [0.2, 0.25) is 0 Å². The van der Waals surface area contributed by atoms with Gasteiger partial charge in [-0.3, -0.25) is 0 Å². The van der Waals surface area contributed by atoms with E-state index in [9.17, 15) is 5.21 Å². The molecule has 1 unspecified atom stereocenters. The lowest BCUT2D eigenvalue weighted by Gasteiger charge is -2.27. The minimum Gasteiger partial charge on any atom is -0.622 e. The van der Waals surface area contributed by atoms with E-state index in [1.807, 2.05) is 57.0 Å². The molecule has 0 N–H and O–H groups in total. The average Bonchev–Trinajstić information content (AvgIpc) is 2.51. The standard InChI is InChI=1S/C14H18N2OS2/c1-10-5-7-11(8-6-10)9-16(17)12-14(2,3)19-13(18)15(12)4/h5-9,12H,1-4H3. The fourth-order valence-electron chi connectivity index (χ4n) is 2.26. The van der Waals surface area contributed by atoms with Gasteiger partial charge in [0.05, 0.1) is 0 Å². The van der Waals surface area contributed by atoms with Crippen molar-refractivity contribution in [1.82, 2.24) is 4.90 Å². The van der Waals surface area contributed by atoms with E-state index in [4.69, 9.17) is 12.2 Å². The van der Waals surface area contributed by atoms with Crippen molar-refractivity contribution in [2.75, 3.05) is 7.05 Å². The fourth-order valence-corrected chi connectivity index (χ4v) is 4.07. The SMILES string of the molecule is Cc1ccc(C=[N+]([O-])C2N(C)C(=S)SC2(C)C)cc1. The van der Waals surface area contributed by atoms with E-state index in [1.165, 1.54) is 5.56 Å². The van der Waals surface area contributed by atoms with Crippen molar-refractivity contribution in [3.63, 3.8) is 0 Å². The second kappa shape index (κ2) is 5.13. The van der Waals surface area contributed by atoms with Crippen molar-refractivity contribution >= 4 is 34.5 Å². The highest BCUT2D eigenvalue weighted by Crippen LogP contribution is 2.40. The molecule has 0 bridgehead atoms. The number of hydrogen-bond acceptors (Lipinski definition) is 3. The molecule has 1 aliphatic heterocycles. The summed E-state index contributed by atoms with van der Waals surface area (Å²) in [7, 11) is 1.88. The molecule has 1 aromatic rings. The third kappa shape index (κ3) is 2.92. The molecule has 0 spiro atoms. The predicted molar refractivity (Wildman–Crippen MR) is 85.8 cm³/mol. The first kappa shape index (κ1) is 14.3. The summed E-state index contributed by atoms with van der Waals surface area (Å²) in [5, 5.41) is 12.4. The second-order valence-corrected chi connectivity index (χ2v) is 7.64. The summed E-state index contributed by atoms with van der Waals surface area (Å²) < 4.78 is 1.57. The predicted octanol–water partition coefficient (Wildman–Crippen LogP) is 2.99. The first-order chi connectivity index (χ1) is 8.81. The van der Waals surface area contributed by atoms with Gasteiger partial charge in [-0.1, -0.05) is 41.7 Å². The van der Waals surface area contributed by atoms with Crippen LogP contribution in [0.25, 0.3) is 0 Å². The summed E-state index contributed by atoms with van der Waals surface area (Å²) >= 11 is 6.85. The Balaban J connectivity index is 2.30. The van der Waals surface area contributed by atoms with Crippen LogP contribution in [0, 0.1) is 12.1 Å². The van der Waals surface area contributed by atoms with Gasteiger partial charge in [0.15, 0.2) is 6.21 Å². The molecular weight excluding hydrogens is 276 g/mol. The number of hydroxylamine groups is 1. The van der Waals surface area contributed by atoms with Gasteiger partial charge in [0.25, 0.3) is 6.17 Å². The number of hydrogen-bond donors (Lipinski definition) is 0. The van der Waals surface area contributed by atoms with Gasteiger partial charge in [-0.15, -0.1) is 0 Å². The quantitative estimate of drug-likeness (QED) is 0.276. The van der Waals surface area contributed by atoms with Gasteiger partial charge in [-0.05, 0) is 32.9 Å². The second-order valence-electron chi connectivity index (χ2n) is 5.36. The van der Waals surface area contributed by atoms with E-state index in [1.54, 1.807) is 18.0 Å². The van der Waals surface area contributed by atoms with Gasteiger partial charge in [-0.2, -0.15) is 4.74 Å². The van der Waals surface area contributed by atoms with Crippen LogP contribution in [0.1, 0.15) is 25.0 Å². The minimum atomic E-state index is -0.272. The number of nitrogens with zero attached hydrogens (tertiary/aromatic N) is 2. The molecule has 0 radical (unpaired) electrons. The van der Waals surface area contributed by atoms with Crippen LogP contribution in [0.4, 0.5) is 0 Å². The summed E-state index contributed by atoms with van der Waals surface area (Å²) in [5.74, 6) is 0. The summed E-state index contributed by atoms with van der Waals surface area (Å²) in [6, 6.07) is 7.91. The molecule has 102 valence electrons. The van der Waals surface area contributed by atoms with Crippen molar-refractivity contribution in [2.45, 2.75) is 31.7 Å². The Morgan fingerprint density at radius 3 is 2.42 bits per heavy atom. The third-order valence-electron chi connectivity index (χ3n) is 3.22. The molecular formula is C14H18N2OS2. The van der Waals surface area contributed by atoms with E-state index in [-0.39, 0.29) is 10.9 Å². The normalized spacial score (nSPS) is 22.9. The maximum absolute atomic E-state index is 12.4. The molecule has 5 heteroatoms. The maximum Gasteiger partial charge on any atom is 0.254 e. The molecule has 3 nitrogen and oxygen atoms in total. The van der Waals surface area contributed by atoms with Crippen LogP contribution in [0.15, 0.2) is 24.3 Å². The molecule has 19 heavy (non-hydrogen) atoms. The van der Waals surface area contributed by atoms with Crippen LogP contribution >= 0.6 is 24.0 Å². The molecule has 1 aliphatic rings. The monoisotopic (exact) mass is 294 g/mol. The Labute approximate surface area is 123 Å². The summed E-state index contributed by atoms with van der Waals surface area (Å²) in [6.07, 6.45) is 1.36. The highest BCUT2D eigenvalue weighted by molar-refractivity contribution is 8.24. The minimum absolute atomic E-state index is 0.214. The summed E-state index contributed by atoms with van der Waals surface area (Å²) in [6.45, 7) is 6.12. The molecule has 1 atom stereocenters. The highest BCUT2D eigenvalue weighted by atomic mass is 32.2. The van der Waals surface area contributed by atoms with Crippen LogP contribution < -0.4 is 0 Å². The number of aryl methyl sites for hydroxylation is 1. The first-order valence-corrected chi connectivity index (χ1v) is 7.36. The Hall–Kier alpha value is -1.07. The van der Waals surface area contributed by atoms with E-state index in [0.29, 0.717) is 0 Å². The highest BCUT2D eigenvalue weighted by Gasteiger charge is 2.48. The first-order valence-electron chi connectivity index (χ1n) is 6.14. The molecule has 1 heterocycles. The number of thioether (sulfide) groups is 1. The smallest absolute Gasteiger partial charge is 0.254 e. The number of rotatable bonds is 2. The van der Waals surface area contributed by atoms with Crippen molar-refractivity contribution in [2.24, 2.45) is 0 Å². The van der Waals surface area contributed by atoms with Crippen molar-refractivity contribution in [3.05, 3.63) is 40.6 Å². The lowest BCUT2D eigenvalue weighted by Crippen LogP contribution is -2.46. The molecule has 1 aromatic carbocycles. The van der Waals surface area contributed by atoms with Crippen LogP contribution in [0.5, 0.6) is 0 Å². The molecule has 1 fully saturated rings. The van der Waals surface area contributed by atoms with E-state index < -0.39 is 0 Å². The summed E-state index contributed by atoms with van der Waals surface area (Å²) in [5.41, 5.74) is 2.09. The maximum atomic E-state index is 12.4. The van der Waals surface area contributed by atoms with Crippen LogP contribution in [-0.2, 0) is 0 Å². The lowest BCUT2D eigenvalue weighted by atomic mass is 10.1. The molecule has 0 aliphatic carbocycles. The van der Waals surface area contributed by atoms with Crippen molar-refractivity contribution < 1.29 is 4.74 Å². The van der Waals surface area contributed by atoms with Gasteiger partial charge >= 0.3 is 0 Å². The van der Waals surface area contributed by atoms with Gasteiger partial charge < -0.3 is 10.1 Å². The molecule has 0 saturated carbocycles. The third-order valence-corrected chi connectivity index (χ3v) is 4.96. The van der Waals surface area contributed by atoms with E-state index >= 15 is 0 Å². The summed E-state index contributed by atoms with van der Waals surface area (Å²) in [4.78, 5) is 1.87. The fraction of sp³-hybridized carbons (Fsp3) is 0.429. The number of benzene rings is 1. The van der Waals surface area contributed by atoms with Gasteiger partial charge in [0, 0.05) is 12.6 Å². The van der Waals surface area contributed by atoms with Crippen LogP contribution in [0.3, 0.4) is 0 Å². The van der Waals surface area contributed by atoms with E-state index in [2.05, 4.69) is 0 Å². The molecule has 1 saturated heterocycles. The largest absolute Gasteiger partial charge is 0.622 e. The van der Waals surface area contributed by atoms with Gasteiger partial charge in [0.2, 0.25) is 0 Å².